The molecule has 0 saturated carbocycles. The van der Waals surface area contributed by atoms with E-state index in [1.54, 1.807) is 12.1 Å². The largest absolute Gasteiger partial charge is 0.478 e. The van der Waals surface area contributed by atoms with E-state index < -0.39 is 5.92 Å². The summed E-state index contributed by atoms with van der Waals surface area (Å²) in [4.78, 5) is 20.3. The smallest absolute Gasteiger partial charge is 0.272 e. The third-order valence-corrected chi connectivity index (χ3v) is 6.04. The highest BCUT2D eigenvalue weighted by molar-refractivity contribution is 5.92. The maximum atomic E-state index is 13.9. The molecule has 1 amide bonds. The molecular formula is C24H30F2N4O2. The zero-order valence-corrected chi connectivity index (χ0v) is 18.4. The lowest BCUT2D eigenvalue weighted by Gasteiger charge is -2.37. The highest BCUT2D eigenvalue weighted by atomic mass is 19.3. The topological polar surface area (TPSA) is 57.7 Å². The van der Waals surface area contributed by atoms with Crippen molar-refractivity contribution in [3.05, 3.63) is 47.5 Å². The van der Waals surface area contributed by atoms with E-state index in [4.69, 9.17) is 4.74 Å². The number of rotatable bonds is 8. The van der Waals surface area contributed by atoms with Crippen LogP contribution in [-0.2, 0) is 17.1 Å². The van der Waals surface area contributed by atoms with Crippen molar-refractivity contribution in [1.29, 1.82) is 0 Å². The number of benzene rings is 1. The summed E-state index contributed by atoms with van der Waals surface area (Å²) in [6.45, 7) is 5.69. The monoisotopic (exact) mass is 444 g/mol. The lowest BCUT2D eigenvalue weighted by Crippen LogP contribution is -2.47. The van der Waals surface area contributed by atoms with E-state index in [1.165, 1.54) is 6.07 Å². The van der Waals surface area contributed by atoms with Gasteiger partial charge < -0.3 is 15.0 Å². The minimum absolute atomic E-state index is 0.00542. The van der Waals surface area contributed by atoms with Crippen LogP contribution in [0.5, 0.6) is 5.88 Å². The van der Waals surface area contributed by atoms with Gasteiger partial charge in [-0.05, 0) is 43.5 Å². The van der Waals surface area contributed by atoms with Crippen LogP contribution in [0, 0.1) is 0 Å². The number of fused-ring (bicyclic) bond motifs is 1. The number of carbonyl (C=O) groups is 1. The van der Waals surface area contributed by atoms with Gasteiger partial charge in [-0.15, -0.1) is 0 Å². The average molecular weight is 445 g/mol. The molecule has 2 aliphatic rings. The number of carbonyl (C=O) groups excluding carboxylic acids is 1. The quantitative estimate of drug-likeness (QED) is 0.623. The molecule has 0 aliphatic carbocycles. The zero-order chi connectivity index (χ0) is 22.6. The molecule has 32 heavy (non-hydrogen) atoms. The molecule has 1 aromatic heterocycles. The van der Waals surface area contributed by atoms with Gasteiger partial charge in [0, 0.05) is 56.8 Å². The summed E-state index contributed by atoms with van der Waals surface area (Å²) in [7, 11) is 0. The summed E-state index contributed by atoms with van der Waals surface area (Å²) in [6, 6.07) is 10.6. The van der Waals surface area contributed by atoms with Crippen LogP contribution in [0.3, 0.4) is 0 Å². The Balaban J connectivity index is 1.18. The third kappa shape index (κ3) is 5.54. The van der Waals surface area contributed by atoms with Gasteiger partial charge in [-0.1, -0.05) is 18.2 Å². The van der Waals surface area contributed by atoms with Crippen LogP contribution < -0.4 is 15.0 Å². The number of amides is 1. The lowest BCUT2D eigenvalue weighted by molar-refractivity contribution is -0.116. The van der Waals surface area contributed by atoms with Crippen LogP contribution in [-0.4, -0.2) is 55.1 Å². The lowest BCUT2D eigenvalue weighted by atomic mass is 10.1. The van der Waals surface area contributed by atoms with Gasteiger partial charge in [0.1, 0.15) is 5.82 Å². The number of ether oxygens (including phenoxy) is 1. The fraction of sp³-hybridized carbons (Fsp3) is 0.500. The molecule has 8 heteroatoms. The molecular weight excluding hydrogens is 414 g/mol. The highest BCUT2D eigenvalue weighted by Crippen LogP contribution is 2.35. The summed E-state index contributed by atoms with van der Waals surface area (Å²) < 4.78 is 33.6. The first kappa shape index (κ1) is 22.5. The van der Waals surface area contributed by atoms with Crippen molar-refractivity contribution in [1.82, 2.24) is 9.88 Å². The average Bonchev–Trinajstić information content (AvgIpc) is 2.78. The van der Waals surface area contributed by atoms with Gasteiger partial charge in [-0.3, -0.25) is 9.69 Å². The first-order valence-electron chi connectivity index (χ1n) is 11.3. The molecule has 1 N–H and O–H groups in total. The Morgan fingerprint density at radius 2 is 1.84 bits per heavy atom. The number of alkyl halides is 2. The summed E-state index contributed by atoms with van der Waals surface area (Å²) in [6.07, 6.45) is 3.11. The molecule has 0 spiro atoms. The molecule has 3 heterocycles. The first-order valence-corrected chi connectivity index (χ1v) is 11.3. The van der Waals surface area contributed by atoms with Gasteiger partial charge in [0.05, 0.1) is 6.61 Å². The highest BCUT2D eigenvalue weighted by Gasteiger charge is 2.30. The van der Waals surface area contributed by atoms with E-state index in [0.717, 1.165) is 58.1 Å². The molecule has 0 radical (unpaired) electrons. The van der Waals surface area contributed by atoms with Crippen molar-refractivity contribution in [3.8, 4) is 5.88 Å². The summed E-state index contributed by atoms with van der Waals surface area (Å²) in [5.41, 5.74) is 1.78. The van der Waals surface area contributed by atoms with Crippen LogP contribution >= 0.6 is 0 Å². The molecule has 2 aromatic rings. The number of hydrogen-bond acceptors (Lipinski definition) is 5. The second-order valence-electron chi connectivity index (χ2n) is 8.50. The van der Waals surface area contributed by atoms with E-state index >= 15 is 0 Å². The molecule has 2 aliphatic heterocycles. The maximum Gasteiger partial charge on any atom is 0.272 e. The molecule has 0 atom stereocenters. The van der Waals surface area contributed by atoms with Gasteiger partial charge in [0.15, 0.2) is 0 Å². The predicted octanol–water partition coefficient (Wildman–Crippen LogP) is 4.06. The van der Waals surface area contributed by atoms with E-state index in [2.05, 4.69) is 20.1 Å². The molecule has 172 valence electrons. The van der Waals surface area contributed by atoms with Gasteiger partial charge in [0.25, 0.3) is 5.92 Å². The molecule has 1 aromatic carbocycles. The number of nitrogens with zero attached hydrogens (tertiary/aromatic N) is 3. The SMILES string of the molecule is CC(F)(F)c1ccccc1N1CCN(CCCCOc2ccc3c(n2)NC(=O)CC3)CC1. The number of piperazine rings is 1. The Hall–Kier alpha value is -2.74. The second-order valence-corrected chi connectivity index (χ2v) is 8.50. The molecule has 6 nitrogen and oxygen atoms in total. The fourth-order valence-electron chi connectivity index (χ4n) is 4.25. The van der Waals surface area contributed by atoms with Gasteiger partial charge >= 0.3 is 0 Å². The van der Waals surface area contributed by atoms with E-state index in [1.807, 2.05) is 18.2 Å². The Labute approximate surface area is 187 Å². The number of aryl methyl sites for hydroxylation is 1. The Morgan fingerprint density at radius 3 is 2.62 bits per heavy atom. The van der Waals surface area contributed by atoms with Crippen molar-refractivity contribution in [3.63, 3.8) is 0 Å². The van der Waals surface area contributed by atoms with Crippen LogP contribution in [0.25, 0.3) is 0 Å². The van der Waals surface area contributed by atoms with Crippen molar-refractivity contribution < 1.29 is 18.3 Å². The Morgan fingerprint density at radius 1 is 1.06 bits per heavy atom. The maximum absolute atomic E-state index is 13.9. The summed E-state index contributed by atoms with van der Waals surface area (Å²) >= 11 is 0. The van der Waals surface area contributed by atoms with Gasteiger partial charge in [0.2, 0.25) is 11.8 Å². The molecule has 0 bridgehead atoms. The second kappa shape index (κ2) is 9.81. The molecule has 0 unspecified atom stereocenters. The van der Waals surface area contributed by atoms with Gasteiger partial charge in [-0.25, -0.2) is 8.78 Å². The normalized spacial score (nSPS) is 17.1. The van der Waals surface area contributed by atoms with E-state index in [0.29, 0.717) is 36.8 Å². The van der Waals surface area contributed by atoms with Crippen molar-refractivity contribution in [2.24, 2.45) is 0 Å². The number of para-hydroxylation sites is 1. The minimum atomic E-state index is -2.84. The first-order chi connectivity index (χ1) is 15.4. The molecule has 1 fully saturated rings. The number of unbranched alkanes of at least 4 members (excludes halogenated alkanes) is 1. The van der Waals surface area contributed by atoms with Gasteiger partial charge in [-0.2, -0.15) is 4.98 Å². The Bertz CT molecular complexity index is 940. The van der Waals surface area contributed by atoms with E-state index in [-0.39, 0.29) is 11.5 Å². The Kier molecular flexibility index (Phi) is 6.89. The summed E-state index contributed by atoms with van der Waals surface area (Å²) in [5, 5.41) is 2.79. The van der Waals surface area contributed by atoms with Crippen LogP contribution in [0.2, 0.25) is 0 Å². The fourth-order valence-corrected chi connectivity index (χ4v) is 4.25. The third-order valence-electron chi connectivity index (χ3n) is 6.04. The van der Waals surface area contributed by atoms with Crippen LogP contribution in [0.1, 0.15) is 37.3 Å². The van der Waals surface area contributed by atoms with Crippen LogP contribution in [0.15, 0.2) is 36.4 Å². The van der Waals surface area contributed by atoms with E-state index in [9.17, 15) is 13.6 Å². The zero-order valence-electron chi connectivity index (χ0n) is 18.4. The number of aromatic nitrogens is 1. The number of halogens is 2. The summed E-state index contributed by atoms with van der Waals surface area (Å²) in [5.74, 6) is -1.70. The van der Waals surface area contributed by atoms with Crippen molar-refractivity contribution in [2.45, 2.75) is 38.5 Å². The number of nitrogens with one attached hydrogen (secondary N) is 1. The van der Waals surface area contributed by atoms with Crippen LogP contribution in [0.4, 0.5) is 20.3 Å². The predicted molar refractivity (Wildman–Crippen MR) is 121 cm³/mol. The molecule has 1 saturated heterocycles. The number of pyridine rings is 1. The minimum Gasteiger partial charge on any atom is -0.478 e. The number of anilines is 2. The molecule has 4 rings (SSSR count). The van der Waals surface area contributed by atoms with Crippen molar-refractivity contribution >= 4 is 17.4 Å². The van der Waals surface area contributed by atoms with Crippen molar-refractivity contribution in [2.75, 3.05) is 49.5 Å². The number of hydrogen-bond donors (Lipinski definition) is 1. The standard InChI is InChI=1S/C24H30F2N4O2/c1-24(25,26)19-6-2-3-7-20(19)30-15-13-29(14-16-30)12-4-5-17-32-22-11-9-18-8-10-21(31)27-23(18)28-22/h2-3,6-7,9,11H,4-5,8,10,12-17H2,1H3,(H,27,28,31).